The van der Waals surface area contributed by atoms with Gasteiger partial charge in [-0.1, -0.05) is 30.3 Å². The molecule has 4 rings (SSSR count). The predicted molar refractivity (Wildman–Crippen MR) is 117 cm³/mol. The van der Waals surface area contributed by atoms with E-state index in [2.05, 4.69) is 15.5 Å². The van der Waals surface area contributed by atoms with Gasteiger partial charge < -0.3 is 15.0 Å². The number of nitrogens with one attached hydrogen (secondary N) is 2. The molecule has 1 atom stereocenters. The quantitative estimate of drug-likeness (QED) is 0.551. The maximum Gasteiger partial charge on any atom is 0.309 e. The highest BCUT2D eigenvalue weighted by atomic mass is 16.5. The summed E-state index contributed by atoms with van der Waals surface area (Å²) in [5.41, 5.74) is 2.93. The van der Waals surface area contributed by atoms with Gasteiger partial charge in [0.2, 0.25) is 11.8 Å². The van der Waals surface area contributed by atoms with Crippen molar-refractivity contribution in [3.05, 3.63) is 60.2 Å². The van der Waals surface area contributed by atoms with Crippen LogP contribution in [0.5, 0.6) is 0 Å². The maximum absolute atomic E-state index is 12.4. The standard InChI is InChI=1S/C24H27N3O4/c28-22-11-10-21(23(29)26-22)25-19-6-8-20(9-7-19)27-14-12-18(13-15-27)24(30)31-16-17-4-2-1-3-5-17/h1-9,18,21,25H,10-16H2,(H,26,28,29). The Bertz CT molecular complexity index is 922. The highest BCUT2D eigenvalue weighted by molar-refractivity contribution is 6.01. The van der Waals surface area contributed by atoms with Crippen LogP contribution in [0, 0.1) is 5.92 Å². The van der Waals surface area contributed by atoms with E-state index in [1.807, 2.05) is 54.6 Å². The number of anilines is 2. The number of esters is 1. The van der Waals surface area contributed by atoms with Crippen molar-refractivity contribution >= 4 is 29.2 Å². The van der Waals surface area contributed by atoms with Crippen molar-refractivity contribution in [2.45, 2.75) is 38.3 Å². The van der Waals surface area contributed by atoms with Gasteiger partial charge in [0.25, 0.3) is 0 Å². The number of piperidine rings is 2. The molecule has 2 heterocycles. The Morgan fingerprint density at radius 2 is 1.71 bits per heavy atom. The van der Waals surface area contributed by atoms with Gasteiger partial charge in [-0.2, -0.15) is 0 Å². The first-order valence-electron chi connectivity index (χ1n) is 10.7. The fourth-order valence-electron chi connectivity index (χ4n) is 4.02. The molecule has 7 nitrogen and oxygen atoms in total. The van der Waals surface area contributed by atoms with E-state index in [-0.39, 0.29) is 29.7 Å². The van der Waals surface area contributed by atoms with Gasteiger partial charge in [0.1, 0.15) is 12.6 Å². The molecule has 162 valence electrons. The van der Waals surface area contributed by atoms with E-state index in [4.69, 9.17) is 4.74 Å². The summed E-state index contributed by atoms with van der Waals surface area (Å²) < 4.78 is 5.49. The van der Waals surface area contributed by atoms with E-state index in [9.17, 15) is 14.4 Å². The Kier molecular flexibility index (Phi) is 6.50. The lowest BCUT2D eigenvalue weighted by atomic mass is 9.96. The predicted octanol–water partition coefficient (Wildman–Crippen LogP) is 2.86. The third kappa shape index (κ3) is 5.42. The van der Waals surface area contributed by atoms with Crippen LogP contribution in [0.1, 0.15) is 31.2 Å². The van der Waals surface area contributed by atoms with E-state index in [1.165, 1.54) is 0 Å². The summed E-state index contributed by atoms with van der Waals surface area (Å²) in [6.07, 6.45) is 2.39. The monoisotopic (exact) mass is 421 g/mol. The minimum atomic E-state index is -0.388. The molecule has 0 bridgehead atoms. The number of benzene rings is 2. The lowest BCUT2D eigenvalue weighted by molar-refractivity contribution is -0.150. The molecule has 2 fully saturated rings. The second-order valence-electron chi connectivity index (χ2n) is 8.05. The van der Waals surface area contributed by atoms with Crippen LogP contribution in [-0.2, 0) is 25.7 Å². The zero-order chi connectivity index (χ0) is 21.6. The highest BCUT2D eigenvalue weighted by Gasteiger charge is 2.27. The fourth-order valence-corrected chi connectivity index (χ4v) is 4.02. The van der Waals surface area contributed by atoms with Gasteiger partial charge >= 0.3 is 5.97 Å². The SMILES string of the molecule is O=C1CCC(Nc2ccc(N3CCC(C(=O)OCc4ccccc4)CC3)cc2)C(=O)N1. The Balaban J connectivity index is 1.24. The Hall–Kier alpha value is -3.35. The number of nitrogens with zero attached hydrogens (tertiary/aromatic N) is 1. The zero-order valence-electron chi connectivity index (χ0n) is 17.4. The van der Waals surface area contributed by atoms with Crippen LogP contribution in [0.25, 0.3) is 0 Å². The summed E-state index contributed by atoms with van der Waals surface area (Å²) in [5, 5.41) is 5.54. The summed E-state index contributed by atoms with van der Waals surface area (Å²) in [6.45, 7) is 1.91. The molecule has 0 aromatic heterocycles. The Labute approximate surface area is 181 Å². The van der Waals surface area contributed by atoms with Crippen LogP contribution in [0.4, 0.5) is 11.4 Å². The minimum Gasteiger partial charge on any atom is -0.461 e. The van der Waals surface area contributed by atoms with Gasteiger partial charge in [0.15, 0.2) is 0 Å². The molecule has 31 heavy (non-hydrogen) atoms. The number of ether oxygens (including phenoxy) is 1. The number of rotatable bonds is 6. The van der Waals surface area contributed by atoms with Crippen LogP contribution in [-0.4, -0.2) is 36.9 Å². The Morgan fingerprint density at radius 3 is 2.39 bits per heavy atom. The first-order valence-corrected chi connectivity index (χ1v) is 10.7. The summed E-state index contributed by atoms with van der Waals surface area (Å²) in [5.74, 6) is -0.673. The summed E-state index contributed by atoms with van der Waals surface area (Å²) in [4.78, 5) is 37.8. The van der Waals surface area contributed by atoms with Crippen LogP contribution in [0.3, 0.4) is 0 Å². The molecule has 2 saturated heterocycles. The molecule has 0 aliphatic carbocycles. The molecule has 2 N–H and O–H groups in total. The van der Waals surface area contributed by atoms with Crippen molar-refractivity contribution in [3.8, 4) is 0 Å². The molecule has 2 aromatic rings. The third-order valence-corrected chi connectivity index (χ3v) is 5.86. The lowest BCUT2D eigenvalue weighted by Crippen LogP contribution is -2.47. The van der Waals surface area contributed by atoms with E-state index in [1.54, 1.807) is 0 Å². The molecule has 2 aliphatic rings. The number of hydrogen-bond donors (Lipinski definition) is 2. The number of hydrogen-bond acceptors (Lipinski definition) is 6. The number of carbonyl (C=O) groups is 3. The molecule has 2 aliphatic heterocycles. The largest absolute Gasteiger partial charge is 0.461 e. The van der Waals surface area contributed by atoms with Crippen molar-refractivity contribution in [1.29, 1.82) is 0 Å². The maximum atomic E-state index is 12.4. The van der Waals surface area contributed by atoms with Crippen LogP contribution in [0.15, 0.2) is 54.6 Å². The van der Waals surface area contributed by atoms with Gasteiger partial charge in [0.05, 0.1) is 5.92 Å². The summed E-state index contributed by atoms with van der Waals surface area (Å²) in [7, 11) is 0. The molecule has 0 saturated carbocycles. The van der Waals surface area contributed by atoms with Crippen LogP contribution >= 0.6 is 0 Å². The molecular weight excluding hydrogens is 394 g/mol. The smallest absolute Gasteiger partial charge is 0.309 e. The molecular formula is C24H27N3O4. The van der Waals surface area contributed by atoms with Gasteiger partial charge in [0, 0.05) is 30.9 Å². The molecule has 2 amide bonds. The van der Waals surface area contributed by atoms with E-state index in [0.29, 0.717) is 19.4 Å². The average Bonchev–Trinajstić information content (AvgIpc) is 2.81. The van der Waals surface area contributed by atoms with Gasteiger partial charge in [-0.05, 0) is 49.1 Å². The molecule has 0 spiro atoms. The van der Waals surface area contributed by atoms with Gasteiger partial charge in [-0.3, -0.25) is 19.7 Å². The van der Waals surface area contributed by atoms with Crippen LogP contribution < -0.4 is 15.5 Å². The third-order valence-electron chi connectivity index (χ3n) is 5.86. The highest BCUT2D eigenvalue weighted by Crippen LogP contribution is 2.26. The normalized spacial score (nSPS) is 19.6. The first-order chi connectivity index (χ1) is 15.1. The van der Waals surface area contributed by atoms with E-state index >= 15 is 0 Å². The van der Waals surface area contributed by atoms with Crippen molar-refractivity contribution < 1.29 is 19.1 Å². The molecule has 2 aromatic carbocycles. The second-order valence-corrected chi connectivity index (χ2v) is 8.05. The van der Waals surface area contributed by atoms with Crippen molar-refractivity contribution in [1.82, 2.24) is 5.32 Å². The first kappa shape index (κ1) is 20.9. The van der Waals surface area contributed by atoms with Crippen molar-refractivity contribution in [2.75, 3.05) is 23.3 Å². The van der Waals surface area contributed by atoms with Crippen LogP contribution in [0.2, 0.25) is 0 Å². The molecule has 0 radical (unpaired) electrons. The zero-order valence-corrected chi connectivity index (χ0v) is 17.4. The molecule has 7 heteroatoms. The number of amides is 2. The fraction of sp³-hybridized carbons (Fsp3) is 0.375. The van der Waals surface area contributed by atoms with Crippen molar-refractivity contribution in [2.24, 2.45) is 5.92 Å². The molecule has 1 unspecified atom stereocenters. The van der Waals surface area contributed by atoms with E-state index in [0.717, 1.165) is 42.9 Å². The minimum absolute atomic E-state index is 0.0616. The van der Waals surface area contributed by atoms with Gasteiger partial charge in [-0.15, -0.1) is 0 Å². The average molecular weight is 421 g/mol. The van der Waals surface area contributed by atoms with E-state index < -0.39 is 0 Å². The number of imide groups is 1. The summed E-state index contributed by atoms with van der Waals surface area (Å²) in [6, 6.07) is 17.3. The summed E-state index contributed by atoms with van der Waals surface area (Å²) >= 11 is 0. The second kappa shape index (κ2) is 9.64. The number of carbonyl (C=O) groups excluding carboxylic acids is 3. The van der Waals surface area contributed by atoms with Crippen molar-refractivity contribution in [3.63, 3.8) is 0 Å². The lowest BCUT2D eigenvalue weighted by Gasteiger charge is -2.32. The topological polar surface area (TPSA) is 87.7 Å². The Morgan fingerprint density at radius 1 is 1.00 bits per heavy atom. The van der Waals surface area contributed by atoms with Gasteiger partial charge in [-0.25, -0.2) is 0 Å².